The fraction of sp³-hybridized carbons (Fsp3) is 0.448. The number of ether oxygens (including phenoxy) is 4. The minimum absolute atomic E-state index is 0.140. The maximum absolute atomic E-state index is 12.7. The number of esters is 1. The molecule has 190 valence electrons. The molecular weight excluding hydrogens is 444 g/mol. The van der Waals surface area contributed by atoms with Crippen molar-refractivity contribution in [1.82, 2.24) is 0 Å². The summed E-state index contributed by atoms with van der Waals surface area (Å²) in [6.07, 6.45) is 7.34. The number of ketones is 1. The smallest absolute Gasteiger partial charge is 0.314 e. The highest BCUT2D eigenvalue weighted by Gasteiger charge is 2.23. The van der Waals surface area contributed by atoms with Crippen LogP contribution in [0, 0.1) is 5.41 Å². The SMILES string of the molecule is CCCCOc1ccc(/C=C/C(=O)c2ccc(OCOC(=O)C(C)(C)C)cc2)c(OCCCC)c1. The molecule has 0 bridgehead atoms. The van der Waals surface area contributed by atoms with E-state index in [1.165, 1.54) is 6.08 Å². The van der Waals surface area contributed by atoms with Gasteiger partial charge in [-0.2, -0.15) is 0 Å². The van der Waals surface area contributed by atoms with E-state index in [-0.39, 0.29) is 18.5 Å². The van der Waals surface area contributed by atoms with E-state index in [0.717, 1.165) is 37.0 Å². The van der Waals surface area contributed by atoms with Crippen LogP contribution in [0.15, 0.2) is 48.5 Å². The van der Waals surface area contributed by atoms with Crippen molar-refractivity contribution in [3.63, 3.8) is 0 Å². The molecule has 0 aliphatic rings. The van der Waals surface area contributed by atoms with Crippen molar-refractivity contribution in [3.8, 4) is 17.2 Å². The molecule has 0 amide bonds. The summed E-state index contributed by atoms with van der Waals surface area (Å²) < 4.78 is 22.3. The fourth-order valence-corrected chi connectivity index (χ4v) is 2.87. The summed E-state index contributed by atoms with van der Waals surface area (Å²) in [5.41, 5.74) is 0.751. The molecular formula is C29H38O6. The van der Waals surface area contributed by atoms with Gasteiger partial charge in [0, 0.05) is 17.2 Å². The van der Waals surface area contributed by atoms with Gasteiger partial charge in [0.25, 0.3) is 0 Å². The molecule has 0 saturated carbocycles. The van der Waals surface area contributed by atoms with Gasteiger partial charge >= 0.3 is 5.97 Å². The minimum Gasteiger partial charge on any atom is -0.493 e. The fourth-order valence-electron chi connectivity index (χ4n) is 2.87. The lowest BCUT2D eigenvalue weighted by molar-refractivity contribution is -0.159. The molecule has 0 radical (unpaired) electrons. The molecule has 0 unspecified atom stereocenters. The zero-order valence-electron chi connectivity index (χ0n) is 21.6. The molecule has 35 heavy (non-hydrogen) atoms. The summed E-state index contributed by atoms with van der Waals surface area (Å²) in [7, 11) is 0. The zero-order chi connectivity index (χ0) is 25.7. The minimum atomic E-state index is -0.588. The van der Waals surface area contributed by atoms with Gasteiger partial charge in [-0.1, -0.05) is 26.7 Å². The van der Waals surface area contributed by atoms with E-state index < -0.39 is 5.41 Å². The van der Waals surface area contributed by atoms with Crippen LogP contribution in [0.5, 0.6) is 17.2 Å². The predicted molar refractivity (Wildman–Crippen MR) is 138 cm³/mol. The zero-order valence-corrected chi connectivity index (χ0v) is 21.6. The molecule has 0 aliphatic carbocycles. The molecule has 0 fully saturated rings. The van der Waals surface area contributed by atoms with Crippen molar-refractivity contribution in [1.29, 1.82) is 0 Å². The molecule has 6 heteroatoms. The van der Waals surface area contributed by atoms with Gasteiger partial charge in [-0.25, -0.2) is 0 Å². The maximum atomic E-state index is 12.7. The Morgan fingerprint density at radius 1 is 0.829 bits per heavy atom. The first kappa shape index (κ1) is 28.0. The molecule has 0 spiro atoms. The van der Waals surface area contributed by atoms with Gasteiger partial charge in [-0.15, -0.1) is 0 Å². The van der Waals surface area contributed by atoms with E-state index in [2.05, 4.69) is 13.8 Å². The number of allylic oxidation sites excluding steroid dienone is 1. The third kappa shape index (κ3) is 9.85. The van der Waals surface area contributed by atoms with Gasteiger partial charge in [0.1, 0.15) is 17.2 Å². The van der Waals surface area contributed by atoms with E-state index in [1.807, 2.05) is 18.2 Å². The summed E-state index contributed by atoms with van der Waals surface area (Å²) >= 11 is 0. The molecule has 0 atom stereocenters. The summed E-state index contributed by atoms with van der Waals surface area (Å²) in [4.78, 5) is 24.5. The van der Waals surface area contributed by atoms with Crippen LogP contribution < -0.4 is 14.2 Å². The predicted octanol–water partition coefficient (Wildman–Crippen LogP) is 6.87. The van der Waals surface area contributed by atoms with Crippen LogP contribution in [0.4, 0.5) is 0 Å². The summed E-state index contributed by atoms with van der Waals surface area (Å²) in [5.74, 6) is 1.49. The molecule has 0 N–H and O–H groups in total. The molecule has 0 aliphatic heterocycles. The Hall–Kier alpha value is -3.28. The van der Waals surface area contributed by atoms with Crippen LogP contribution in [-0.2, 0) is 9.53 Å². The second-order valence-electron chi connectivity index (χ2n) is 9.27. The van der Waals surface area contributed by atoms with E-state index in [1.54, 1.807) is 51.1 Å². The first-order valence-corrected chi connectivity index (χ1v) is 12.3. The highest BCUT2D eigenvalue weighted by molar-refractivity contribution is 6.07. The molecule has 2 aromatic rings. The Bertz CT molecular complexity index is 970. The van der Waals surface area contributed by atoms with Crippen molar-refractivity contribution in [3.05, 3.63) is 59.7 Å². The van der Waals surface area contributed by atoms with Crippen molar-refractivity contribution >= 4 is 17.8 Å². The highest BCUT2D eigenvalue weighted by atomic mass is 16.7. The third-order valence-electron chi connectivity index (χ3n) is 5.09. The Labute approximate surface area is 209 Å². The lowest BCUT2D eigenvalue weighted by Gasteiger charge is -2.16. The molecule has 6 nitrogen and oxygen atoms in total. The number of carbonyl (C=O) groups excluding carboxylic acids is 2. The Balaban J connectivity index is 2.01. The largest absolute Gasteiger partial charge is 0.493 e. The maximum Gasteiger partial charge on any atom is 0.314 e. The van der Waals surface area contributed by atoms with Crippen molar-refractivity contribution in [2.45, 2.75) is 60.3 Å². The Morgan fingerprint density at radius 3 is 2.09 bits per heavy atom. The van der Waals surface area contributed by atoms with Crippen LogP contribution in [0.3, 0.4) is 0 Å². The van der Waals surface area contributed by atoms with Gasteiger partial charge in [0.15, 0.2) is 5.78 Å². The summed E-state index contributed by atoms with van der Waals surface area (Å²) in [5, 5.41) is 0. The average molecular weight is 483 g/mol. The van der Waals surface area contributed by atoms with Gasteiger partial charge in [0.05, 0.1) is 18.6 Å². The lowest BCUT2D eigenvalue weighted by Crippen LogP contribution is -2.24. The second-order valence-corrected chi connectivity index (χ2v) is 9.27. The van der Waals surface area contributed by atoms with Gasteiger partial charge in [-0.05, 0) is 82.2 Å². The van der Waals surface area contributed by atoms with Crippen molar-refractivity contribution in [2.75, 3.05) is 20.0 Å². The second kappa shape index (κ2) is 14.2. The molecule has 2 rings (SSSR count). The van der Waals surface area contributed by atoms with Gasteiger partial charge in [0.2, 0.25) is 6.79 Å². The van der Waals surface area contributed by atoms with Gasteiger partial charge < -0.3 is 18.9 Å². The molecule has 0 saturated heterocycles. The summed E-state index contributed by atoms with van der Waals surface area (Å²) in [6, 6.07) is 12.4. The first-order chi connectivity index (χ1) is 16.7. The monoisotopic (exact) mass is 482 g/mol. The normalized spacial score (nSPS) is 11.3. The standard InChI is InChI=1S/C29H38O6/c1-6-8-18-32-25-16-12-23(27(20-25)33-19-9-7-2)13-17-26(30)22-10-14-24(15-11-22)34-21-35-28(31)29(3,4)5/h10-17,20H,6-9,18-19,21H2,1-5H3/b17-13+. The van der Waals surface area contributed by atoms with Crippen LogP contribution >= 0.6 is 0 Å². The van der Waals surface area contributed by atoms with Gasteiger partial charge in [-0.3, -0.25) is 9.59 Å². The average Bonchev–Trinajstić information content (AvgIpc) is 2.83. The Kier molecular flexibility index (Phi) is 11.3. The highest BCUT2D eigenvalue weighted by Crippen LogP contribution is 2.27. The topological polar surface area (TPSA) is 71.1 Å². The number of hydrogen-bond donors (Lipinski definition) is 0. The van der Waals surface area contributed by atoms with E-state index >= 15 is 0 Å². The third-order valence-corrected chi connectivity index (χ3v) is 5.09. The molecule has 2 aromatic carbocycles. The molecule has 0 heterocycles. The summed E-state index contributed by atoms with van der Waals surface area (Å²) in [6.45, 7) is 10.7. The lowest BCUT2D eigenvalue weighted by atomic mass is 9.98. The van der Waals surface area contributed by atoms with E-state index in [9.17, 15) is 9.59 Å². The number of unbranched alkanes of at least 4 members (excludes halogenated alkanes) is 2. The van der Waals surface area contributed by atoms with Crippen LogP contribution in [-0.4, -0.2) is 31.8 Å². The quantitative estimate of drug-likeness (QED) is 0.0962. The number of benzene rings is 2. The van der Waals surface area contributed by atoms with Crippen LogP contribution in [0.25, 0.3) is 6.08 Å². The number of hydrogen-bond acceptors (Lipinski definition) is 6. The molecule has 0 aromatic heterocycles. The van der Waals surface area contributed by atoms with Crippen molar-refractivity contribution in [2.24, 2.45) is 5.41 Å². The van der Waals surface area contributed by atoms with Crippen molar-refractivity contribution < 1.29 is 28.5 Å². The number of rotatable bonds is 14. The van der Waals surface area contributed by atoms with E-state index in [0.29, 0.717) is 30.3 Å². The van der Waals surface area contributed by atoms with E-state index in [4.69, 9.17) is 18.9 Å². The number of carbonyl (C=O) groups is 2. The Morgan fingerprint density at radius 2 is 1.46 bits per heavy atom. The van der Waals surface area contributed by atoms with Crippen LogP contribution in [0.2, 0.25) is 0 Å². The van der Waals surface area contributed by atoms with Crippen LogP contribution in [0.1, 0.15) is 76.2 Å². The first-order valence-electron chi connectivity index (χ1n) is 12.3.